The second-order valence-corrected chi connectivity index (χ2v) is 5.61. The molecule has 16 heavy (non-hydrogen) atoms. The summed E-state index contributed by atoms with van der Waals surface area (Å²) in [5.74, 6) is 0. The average molecular weight is 219 g/mol. The highest BCUT2D eigenvalue weighted by Gasteiger charge is 2.12. The van der Waals surface area contributed by atoms with E-state index in [0.29, 0.717) is 6.04 Å². The fourth-order valence-corrected chi connectivity index (χ4v) is 1.92. The number of nitrogens with one attached hydrogen (secondary N) is 1. The minimum absolute atomic E-state index is 0.256. The average Bonchev–Trinajstić information content (AvgIpc) is 2.17. The highest BCUT2D eigenvalue weighted by molar-refractivity contribution is 5.27. The Hall–Kier alpha value is -0.820. The first-order valence-electron chi connectivity index (χ1n) is 6.26. The van der Waals surface area contributed by atoms with E-state index < -0.39 is 0 Å². The maximum atomic E-state index is 3.44. The van der Waals surface area contributed by atoms with Crippen LogP contribution in [0.1, 0.15) is 45.7 Å². The van der Waals surface area contributed by atoms with Crippen molar-refractivity contribution in [2.45, 2.75) is 52.5 Å². The van der Waals surface area contributed by atoms with E-state index >= 15 is 0 Å². The molecule has 1 aromatic carbocycles. The van der Waals surface area contributed by atoms with Gasteiger partial charge in [-0.3, -0.25) is 0 Å². The van der Waals surface area contributed by atoms with Crippen molar-refractivity contribution in [2.75, 3.05) is 6.54 Å². The molecule has 0 aliphatic carbocycles. The van der Waals surface area contributed by atoms with Crippen molar-refractivity contribution in [3.63, 3.8) is 0 Å². The van der Waals surface area contributed by atoms with Crippen molar-refractivity contribution in [2.24, 2.45) is 0 Å². The Morgan fingerprint density at radius 1 is 1.12 bits per heavy atom. The lowest BCUT2D eigenvalue weighted by Gasteiger charge is -2.19. The van der Waals surface area contributed by atoms with Crippen LogP contribution in [0.5, 0.6) is 0 Å². The molecular weight excluding hydrogens is 194 g/mol. The van der Waals surface area contributed by atoms with Gasteiger partial charge < -0.3 is 5.32 Å². The Kier molecular flexibility index (Phi) is 4.55. The van der Waals surface area contributed by atoms with Crippen LogP contribution in [0.15, 0.2) is 24.3 Å². The predicted octanol–water partition coefficient (Wildman–Crippen LogP) is 3.52. The highest BCUT2D eigenvalue weighted by atomic mass is 14.9. The SMILES string of the molecule is CCNC(C)Cc1ccc(C(C)(C)C)cc1. The fraction of sp³-hybridized carbons (Fsp3) is 0.600. The summed E-state index contributed by atoms with van der Waals surface area (Å²) in [6.07, 6.45) is 1.11. The zero-order valence-electron chi connectivity index (χ0n) is 11.3. The summed E-state index contributed by atoms with van der Waals surface area (Å²) in [6, 6.07) is 9.59. The van der Waals surface area contributed by atoms with Gasteiger partial charge in [0, 0.05) is 6.04 Å². The molecule has 0 aliphatic heterocycles. The maximum absolute atomic E-state index is 3.44. The van der Waals surface area contributed by atoms with Crippen LogP contribution < -0.4 is 5.32 Å². The molecule has 1 unspecified atom stereocenters. The van der Waals surface area contributed by atoms with Crippen LogP contribution in [-0.2, 0) is 11.8 Å². The fourth-order valence-electron chi connectivity index (χ4n) is 1.92. The molecule has 1 rings (SSSR count). The van der Waals surface area contributed by atoms with Crippen LogP contribution in [0.25, 0.3) is 0 Å². The molecule has 0 aliphatic rings. The van der Waals surface area contributed by atoms with Gasteiger partial charge >= 0.3 is 0 Å². The number of rotatable bonds is 4. The van der Waals surface area contributed by atoms with Gasteiger partial charge in [0.05, 0.1) is 0 Å². The van der Waals surface area contributed by atoms with Gasteiger partial charge in [0.25, 0.3) is 0 Å². The minimum atomic E-state index is 0.256. The van der Waals surface area contributed by atoms with Gasteiger partial charge in [-0.1, -0.05) is 52.0 Å². The Labute approximate surface area is 100 Å². The summed E-state index contributed by atoms with van der Waals surface area (Å²) in [4.78, 5) is 0. The van der Waals surface area contributed by atoms with Gasteiger partial charge in [0.2, 0.25) is 0 Å². The van der Waals surface area contributed by atoms with Gasteiger partial charge in [-0.15, -0.1) is 0 Å². The Balaban J connectivity index is 2.65. The van der Waals surface area contributed by atoms with E-state index in [9.17, 15) is 0 Å². The first-order valence-corrected chi connectivity index (χ1v) is 6.26. The van der Waals surface area contributed by atoms with Crippen LogP contribution in [0, 0.1) is 0 Å². The summed E-state index contributed by atoms with van der Waals surface area (Å²) in [6.45, 7) is 12.2. The molecule has 1 N–H and O–H groups in total. The lowest BCUT2D eigenvalue weighted by atomic mass is 9.86. The van der Waals surface area contributed by atoms with Crippen LogP contribution in [0.3, 0.4) is 0 Å². The van der Waals surface area contributed by atoms with Gasteiger partial charge in [0.1, 0.15) is 0 Å². The topological polar surface area (TPSA) is 12.0 Å². The molecule has 1 aromatic rings. The zero-order valence-corrected chi connectivity index (χ0v) is 11.3. The number of benzene rings is 1. The summed E-state index contributed by atoms with van der Waals surface area (Å²) < 4.78 is 0. The molecule has 0 saturated carbocycles. The third-order valence-corrected chi connectivity index (χ3v) is 2.91. The van der Waals surface area contributed by atoms with Gasteiger partial charge in [-0.2, -0.15) is 0 Å². The molecule has 0 fully saturated rings. The molecule has 0 spiro atoms. The molecule has 0 bridgehead atoms. The third kappa shape index (κ3) is 3.97. The molecular formula is C15H25N. The first-order chi connectivity index (χ1) is 7.43. The highest BCUT2D eigenvalue weighted by Crippen LogP contribution is 2.22. The van der Waals surface area contributed by atoms with Crippen LogP contribution in [-0.4, -0.2) is 12.6 Å². The predicted molar refractivity (Wildman–Crippen MR) is 72.0 cm³/mol. The largest absolute Gasteiger partial charge is 0.314 e. The number of hydrogen-bond acceptors (Lipinski definition) is 1. The molecule has 1 atom stereocenters. The molecule has 0 radical (unpaired) electrons. The van der Waals surface area contributed by atoms with E-state index in [1.165, 1.54) is 11.1 Å². The quantitative estimate of drug-likeness (QED) is 0.817. The van der Waals surface area contributed by atoms with E-state index in [2.05, 4.69) is 64.2 Å². The van der Waals surface area contributed by atoms with Crippen LogP contribution >= 0.6 is 0 Å². The molecule has 0 heterocycles. The van der Waals surface area contributed by atoms with Gasteiger partial charge in [-0.25, -0.2) is 0 Å². The molecule has 1 heteroatoms. The molecule has 0 saturated heterocycles. The molecule has 90 valence electrons. The second-order valence-electron chi connectivity index (χ2n) is 5.61. The van der Waals surface area contributed by atoms with Crippen molar-refractivity contribution in [1.82, 2.24) is 5.32 Å². The Bertz CT molecular complexity index is 305. The molecule has 0 amide bonds. The van der Waals surface area contributed by atoms with Gasteiger partial charge in [-0.05, 0) is 36.4 Å². The van der Waals surface area contributed by atoms with E-state index in [1.54, 1.807) is 0 Å². The molecule has 1 nitrogen and oxygen atoms in total. The third-order valence-electron chi connectivity index (χ3n) is 2.91. The standard InChI is InChI=1S/C15H25N/c1-6-16-12(2)11-13-7-9-14(10-8-13)15(3,4)5/h7-10,12,16H,6,11H2,1-5H3. The summed E-state index contributed by atoms with van der Waals surface area (Å²) >= 11 is 0. The minimum Gasteiger partial charge on any atom is -0.314 e. The van der Waals surface area contributed by atoms with E-state index in [1.807, 2.05) is 0 Å². The summed E-state index contributed by atoms with van der Waals surface area (Å²) in [5, 5.41) is 3.44. The van der Waals surface area contributed by atoms with E-state index in [4.69, 9.17) is 0 Å². The number of hydrogen-bond donors (Lipinski definition) is 1. The van der Waals surface area contributed by atoms with E-state index in [0.717, 1.165) is 13.0 Å². The normalized spacial score (nSPS) is 13.8. The van der Waals surface area contributed by atoms with Crippen molar-refractivity contribution in [3.8, 4) is 0 Å². The number of likely N-dealkylation sites (N-methyl/N-ethyl adjacent to an activating group) is 1. The van der Waals surface area contributed by atoms with E-state index in [-0.39, 0.29) is 5.41 Å². The lowest BCUT2D eigenvalue weighted by molar-refractivity contribution is 0.564. The van der Waals surface area contributed by atoms with Crippen molar-refractivity contribution in [1.29, 1.82) is 0 Å². The smallest absolute Gasteiger partial charge is 0.00790 e. The van der Waals surface area contributed by atoms with Crippen LogP contribution in [0.4, 0.5) is 0 Å². The van der Waals surface area contributed by atoms with Crippen molar-refractivity contribution in [3.05, 3.63) is 35.4 Å². The van der Waals surface area contributed by atoms with Crippen LogP contribution in [0.2, 0.25) is 0 Å². The first kappa shape index (κ1) is 13.2. The summed E-state index contributed by atoms with van der Waals surface area (Å²) in [7, 11) is 0. The maximum Gasteiger partial charge on any atom is 0.00790 e. The Morgan fingerprint density at radius 3 is 2.12 bits per heavy atom. The van der Waals surface area contributed by atoms with Crippen molar-refractivity contribution >= 4 is 0 Å². The summed E-state index contributed by atoms with van der Waals surface area (Å²) in [5.41, 5.74) is 3.08. The van der Waals surface area contributed by atoms with Crippen molar-refractivity contribution < 1.29 is 0 Å². The lowest BCUT2D eigenvalue weighted by Crippen LogP contribution is -2.27. The second kappa shape index (κ2) is 5.49. The zero-order chi connectivity index (χ0) is 12.2. The monoisotopic (exact) mass is 219 g/mol. The van der Waals surface area contributed by atoms with Gasteiger partial charge in [0.15, 0.2) is 0 Å². The Morgan fingerprint density at radius 2 is 1.69 bits per heavy atom. The molecule has 0 aromatic heterocycles.